The Morgan fingerprint density at radius 2 is 0.810 bits per heavy atom. The fourth-order valence-electron chi connectivity index (χ4n) is 8.33. The van der Waals surface area contributed by atoms with E-state index in [0.717, 1.165) is 70.6 Å². The van der Waals surface area contributed by atoms with Crippen LogP contribution in [0.4, 0.5) is 0 Å². The van der Waals surface area contributed by atoms with Crippen LogP contribution in [-0.2, 0) is 14.3 Å². The molecule has 0 aromatic carbocycles. The molecule has 0 aliphatic heterocycles. The number of rotatable bonds is 49. The number of esters is 1. The molecule has 0 rings (SSSR count). The first-order chi connectivity index (χ1) is 31.0. The summed E-state index contributed by atoms with van der Waals surface area (Å²) in [6, 6.07) is -0.713. The van der Waals surface area contributed by atoms with Gasteiger partial charge >= 0.3 is 5.97 Å². The van der Waals surface area contributed by atoms with Gasteiger partial charge in [-0.1, -0.05) is 262 Å². The molecule has 0 fully saturated rings. The minimum atomic E-state index is -0.798. The summed E-state index contributed by atoms with van der Waals surface area (Å²) in [4.78, 5) is 26.2. The van der Waals surface area contributed by atoms with Crippen molar-refractivity contribution >= 4 is 11.9 Å². The normalized spacial score (nSPS) is 13.5. The van der Waals surface area contributed by atoms with Crippen molar-refractivity contribution in [2.75, 3.05) is 6.61 Å². The van der Waals surface area contributed by atoms with Crippen LogP contribution in [0.1, 0.15) is 278 Å². The first kappa shape index (κ1) is 60.8. The minimum Gasteiger partial charge on any atom is -0.462 e. The minimum absolute atomic E-state index is 0.0541. The van der Waals surface area contributed by atoms with E-state index in [0.29, 0.717) is 19.3 Å². The van der Waals surface area contributed by atoms with Crippen molar-refractivity contribution in [3.8, 4) is 0 Å². The van der Waals surface area contributed by atoms with E-state index in [1.807, 2.05) is 0 Å². The second-order valence-corrected chi connectivity index (χ2v) is 18.7. The second-order valence-electron chi connectivity index (χ2n) is 18.7. The van der Waals surface area contributed by atoms with Crippen molar-refractivity contribution in [2.45, 2.75) is 296 Å². The molecule has 1 amide bonds. The van der Waals surface area contributed by atoms with Crippen molar-refractivity contribution in [2.24, 2.45) is 0 Å². The van der Waals surface area contributed by atoms with Crippen LogP contribution in [0.3, 0.4) is 0 Å². The molecule has 0 heterocycles. The maximum absolute atomic E-state index is 13.2. The van der Waals surface area contributed by atoms with Crippen LogP contribution in [0.2, 0.25) is 0 Å². The summed E-state index contributed by atoms with van der Waals surface area (Å²) in [6.45, 7) is 6.45. The zero-order valence-electron chi connectivity index (χ0n) is 42.0. The molecule has 0 spiro atoms. The third kappa shape index (κ3) is 46.2. The molecule has 3 N–H and O–H groups in total. The lowest BCUT2D eigenvalue weighted by molar-refractivity contribution is -0.151. The van der Waals surface area contributed by atoms with Crippen molar-refractivity contribution in [1.82, 2.24) is 5.32 Å². The van der Waals surface area contributed by atoms with E-state index in [1.54, 1.807) is 0 Å². The van der Waals surface area contributed by atoms with E-state index in [2.05, 4.69) is 74.7 Å². The molecule has 0 aliphatic rings. The molecule has 0 aromatic rings. The summed E-state index contributed by atoms with van der Waals surface area (Å²) in [5.41, 5.74) is 0. The Bertz CT molecular complexity index is 1080. The molecular weight excluding hydrogens is 779 g/mol. The number of aliphatic hydroxyl groups is 2. The Kier molecular flexibility index (Phi) is 49.1. The molecule has 0 bridgehead atoms. The fourth-order valence-corrected chi connectivity index (χ4v) is 8.33. The van der Waals surface area contributed by atoms with Crippen LogP contribution in [0.25, 0.3) is 0 Å². The number of ether oxygens (including phenoxy) is 1. The van der Waals surface area contributed by atoms with Gasteiger partial charge in [0.05, 0.1) is 25.2 Å². The highest BCUT2D eigenvalue weighted by molar-refractivity contribution is 5.77. The summed E-state index contributed by atoms with van der Waals surface area (Å²) in [7, 11) is 0. The third-order valence-corrected chi connectivity index (χ3v) is 12.5. The highest BCUT2D eigenvalue weighted by Crippen LogP contribution is 2.18. The number of nitrogens with one attached hydrogen (secondary N) is 1. The molecule has 3 unspecified atom stereocenters. The van der Waals surface area contributed by atoms with Crippen molar-refractivity contribution in [1.29, 1.82) is 0 Å². The van der Waals surface area contributed by atoms with Crippen LogP contribution < -0.4 is 5.32 Å². The van der Waals surface area contributed by atoms with E-state index in [4.69, 9.17) is 4.74 Å². The van der Waals surface area contributed by atoms with Crippen LogP contribution in [0.5, 0.6) is 0 Å². The van der Waals surface area contributed by atoms with E-state index in [1.165, 1.54) is 161 Å². The maximum Gasteiger partial charge on any atom is 0.306 e. The zero-order chi connectivity index (χ0) is 45.9. The van der Waals surface area contributed by atoms with Gasteiger partial charge in [0.25, 0.3) is 0 Å². The lowest BCUT2D eigenvalue weighted by Gasteiger charge is -2.24. The quantitative estimate of drug-likeness (QED) is 0.0321. The smallest absolute Gasteiger partial charge is 0.306 e. The molecule has 63 heavy (non-hydrogen) atoms. The average molecular weight is 884 g/mol. The molecule has 0 saturated heterocycles. The van der Waals surface area contributed by atoms with Gasteiger partial charge in [0.2, 0.25) is 5.91 Å². The maximum atomic E-state index is 13.2. The summed E-state index contributed by atoms with van der Waals surface area (Å²) >= 11 is 0. The Morgan fingerprint density at radius 3 is 1.25 bits per heavy atom. The number of amides is 1. The molecular formula is C57H105NO5. The summed E-state index contributed by atoms with van der Waals surface area (Å²) in [6.07, 6.45) is 61.7. The van der Waals surface area contributed by atoms with Gasteiger partial charge in [-0.2, -0.15) is 0 Å². The molecule has 6 heteroatoms. The average Bonchev–Trinajstić information content (AvgIpc) is 3.28. The predicted octanol–water partition coefficient (Wildman–Crippen LogP) is 16.6. The van der Waals surface area contributed by atoms with E-state index in [-0.39, 0.29) is 24.9 Å². The predicted molar refractivity (Wildman–Crippen MR) is 273 cm³/mol. The van der Waals surface area contributed by atoms with E-state index < -0.39 is 18.2 Å². The topological polar surface area (TPSA) is 95.9 Å². The van der Waals surface area contributed by atoms with Gasteiger partial charge in [-0.3, -0.25) is 9.59 Å². The van der Waals surface area contributed by atoms with E-state index in [9.17, 15) is 19.8 Å². The highest BCUT2D eigenvalue weighted by atomic mass is 16.5. The lowest BCUT2D eigenvalue weighted by Crippen LogP contribution is -2.46. The van der Waals surface area contributed by atoms with Gasteiger partial charge < -0.3 is 20.3 Å². The molecule has 6 nitrogen and oxygen atoms in total. The van der Waals surface area contributed by atoms with Crippen LogP contribution in [0, 0.1) is 0 Å². The SMILES string of the molecule is CCCCC/C=C/C=C/C=C/C=C/CCCCCC(CC(=O)NC(CO)C(O)CCCCCCCCCCCCCCCCCCC)OC(=O)CCCCCCCCCCCCC. The van der Waals surface area contributed by atoms with Crippen LogP contribution in [0.15, 0.2) is 48.6 Å². The standard InChI is InChI=1S/C57H105NO5/c1-4-7-10-13-16-19-22-24-26-28-30-32-35-37-40-43-46-49-55(60)54(52-59)58-56(61)51-53(63-57(62)50-47-44-41-38-33-21-18-15-12-9-6-3)48-45-42-39-36-34-31-29-27-25-23-20-17-14-11-8-5-2/h17,20,23,25,27,29,31,34,53-55,59-60H,4-16,18-19,21-22,24,26,28,30,32-33,35-52H2,1-3H3,(H,58,61)/b20-17+,25-23+,29-27+,34-31+. The van der Waals surface area contributed by atoms with Gasteiger partial charge in [0.15, 0.2) is 0 Å². The van der Waals surface area contributed by atoms with Crippen LogP contribution in [-0.4, -0.2) is 46.9 Å². The van der Waals surface area contributed by atoms with Crippen LogP contribution >= 0.6 is 0 Å². The molecule has 0 radical (unpaired) electrons. The lowest BCUT2D eigenvalue weighted by atomic mass is 10.0. The van der Waals surface area contributed by atoms with Crippen molar-refractivity contribution in [3.05, 3.63) is 48.6 Å². The van der Waals surface area contributed by atoms with Crippen molar-refractivity contribution in [3.63, 3.8) is 0 Å². The van der Waals surface area contributed by atoms with Crippen molar-refractivity contribution < 1.29 is 24.5 Å². The van der Waals surface area contributed by atoms with Gasteiger partial charge in [0.1, 0.15) is 6.10 Å². The second kappa shape index (κ2) is 50.8. The number of carbonyl (C=O) groups is 2. The summed E-state index contributed by atoms with van der Waals surface area (Å²) in [5, 5.41) is 23.8. The van der Waals surface area contributed by atoms with Gasteiger partial charge in [0, 0.05) is 6.42 Å². The first-order valence-corrected chi connectivity index (χ1v) is 27.4. The first-order valence-electron chi connectivity index (χ1n) is 27.4. The van der Waals surface area contributed by atoms with Gasteiger partial charge in [-0.15, -0.1) is 0 Å². The molecule has 3 atom stereocenters. The molecule has 0 aromatic heterocycles. The summed E-state index contributed by atoms with van der Waals surface area (Å²) < 4.78 is 5.92. The zero-order valence-corrected chi connectivity index (χ0v) is 42.0. The van der Waals surface area contributed by atoms with Gasteiger partial charge in [-0.05, 0) is 51.4 Å². The third-order valence-electron chi connectivity index (χ3n) is 12.5. The molecule has 368 valence electrons. The largest absolute Gasteiger partial charge is 0.462 e. The number of hydrogen-bond donors (Lipinski definition) is 3. The summed E-state index contributed by atoms with van der Waals surface area (Å²) in [5.74, 6) is -0.504. The number of aliphatic hydroxyl groups excluding tert-OH is 2. The number of carbonyl (C=O) groups excluding carboxylic acids is 2. The molecule has 0 aliphatic carbocycles. The Hall–Kier alpha value is -2.18. The number of allylic oxidation sites excluding steroid dienone is 8. The Morgan fingerprint density at radius 1 is 0.460 bits per heavy atom. The Labute approximate surface area is 391 Å². The number of hydrogen-bond acceptors (Lipinski definition) is 5. The molecule has 0 saturated carbocycles. The van der Waals surface area contributed by atoms with E-state index >= 15 is 0 Å². The fraction of sp³-hybridized carbons (Fsp3) is 0.825. The monoisotopic (exact) mass is 884 g/mol. The highest BCUT2D eigenvalue weighted by Gasteiger charge is 2.24. The van der Waals surface area contributed by atoms with Gasteiger partial charge in [-0.25, -0.2) is 0 Å². The Balaban J connectivity index is 4.58. The number of unbranched alkanes of at least 4 members (excludes halogenated alkanes) is 32.